The van der Waals surface area contributed by atoms with Crippen LogP contribution in [-0.4, -0.2) is 12.5 Å². The summed E-state index contributed by atoms with van der Waals surface area (Å²) in [4.78, 5) is 11.9. The lowest BCUT2D eigenvalue weighted by Gasteiger charge is -2.10. The van der Waals surface area contributed by atoms with Gasteiger partial charge in [0.15, 0.2) is 6.61 Å². The van der Waals surface area contributed by atoms with Crippen LogP contribution in [0.5, 0.6) is 5.75 Å². The lowest BCUT2D eigenvalue weighted by atomic mass is 10.1. The first-order valence-corrected chi connectivity index (χ1v) is 7.72. The van der Waals surface area contributed by atoms with Crippen LogP contribution in [0.15, 0.2) is 46.9 Å². The van der Waals surface area contributed by atoms with E-state index < -0.39 is 0 Å². The highest BCUT2D eigenvalue weighted by Crippen LogP contribution is 2.24. The molecule has 0 aliphatic carbocycles. The van der Waals surface area contributed by atoms with E-state index in [2.05, 4.69) is 28.2 Å². The van der Waals surface area contributed by atoms with Crippen molar-refractivity contribution in [3.05, 3.63) is 57.5 Å². The molecule has 110 valence electrons. The van der Waals surface area contributed by atoms with Crippen molar-refractivity contribution in [2.75, 3.05) is 11.9 Å². The maximum atomic E-state index is 11.9. The number of nitrogens with one attached hydrogen (secondary N) is 1. The molecular formula is C16H15BrClNO2. The SMILES string of the molecule is CCc1ccc(NC(=O)COc2ccc(Cl)cc2)c(Br)c1. The molecule has 0 bridgehead atoms. The molecule has 21 heavy (non-hydrogen) atoms. The Kier molecular flexibility index (Phi) is 5.65. The molecule has 0 fully saturated rings. The van der Waals surface area contributed by atoms with Gasteiger partial charge in [0, 0.05) is 9.50 Å². The number of benzene rings is 2. The van der Waals surface area contributed by atoms with Crippen LogP contribution in [0.2, 0.25) is 5.02 Å². The van der Waals surface area contributed by atoms with Gasteiger partial charge < -0.3 is 10.1 Å². The molecular weight excluding hydrogens is 354 g/mol. The van der Waals surface area contributed by atoms with Gasteiger partial charge in [-0.1, -0.05) is 24.6 Å². The summed E-state index contributed by atoms with van der Waals surface area (Å²) >= 11 is 9.23. The summed E-state index contributed by atoms with van der Waals surface area (Å²) in [5, 5.41) is 3.44. The molecule has 0 spiro atoms. The molecule has 0 aromatic heterocycles. The van der Waals surface area contributed by atoms with Gasteiger partial charge in [-0.05, 0) is 64.3 Å². The summed E-state index contributed by atoms with van der Waals surface area (Å²) in [7, 11) is 0. The molecule has 2 aromatic rings. The number of anilines is 1. The molecule has 0 saturated carbocycles. The van der Waals surface area contributed by atoms with E-state index in [-0.39, 0.29) is 12.5 Å². The van der Waals surface area contributed by atoms with Gasteiger partial charge >= 0.3 is 0 Å². The van der Waals surface area contributed by atoms with Gasteiger partial charge in [-0.2, -0.15) is 0 Å². The van der Waals surface area contributed by atoms with Crippen molar-refractivity contribution in [2.45, 2.75) is 13.3 Å². The van der Waals surface area contributed by atoms with Crippen LogP contribution in [0, 0.1) is 0 Å². The first-order valence-electron chi connectivity index (χ1n) is 6.55. The summed E-state index contributed by atoms with van der Waals surface area (Å²) in [5.74, 6) is 0.393. The lowest BCUT2D eigenvalue weighted by molar-refractivity contribution is -0.118. The predicted molar refractivity (Wildman–Crippen MR) is 89.1 cm³/mol. The Balaban J connectivity index is 1.91. The van der Waals surface area contributed by atoms with Gasteiger partial charge in [0.2, 0.25) is 0 Å². The number of hydrogen-bond acceptors (Lipinski definition) is 2. The van der Waals surface area contributed by atoms with Gasteiger partial charge in [-0.3, -0.25) is 4.79 Å². The van der Waals surface area contributed by atoms with Gasteiger partial charge in [0.25, 0.3) is 5.91 Å². The summed E-state index contributed by atoms with van der Waals surface area (Å²) in [5.41, 5.74) is 1.94. The molecule has 2 aromatic carbocycles. The average molecular weight is 369 g/mol. The number of ether oxygens (including phenoxy) is 1. The fourth-order valence-corrected chi connectivity index (χ4v) is 2.40. The second-order valence-corrected chi connectivity index (χ2v) is 5.75. The fourth-order valence-electron chi connectivity index (χ4n) is 1.75. The van der Waals surface area contributed by atoms with Crippen LogP contribution >= 0.6 is 27.5 Å². The Morgan fingerprint density at radius 2 is 1.95 bits per heavy atom. The van der Waals surface area contributed by atoms with E-state index in [0.29, 0.717) is 10.8 Å². The molecule has 0 atom stereocenters. The van der Waals surface area contributed by atoms with Crippen LogP contribution < -0.4 is 10.1 Å². The van der Waals surface area contributed by atoms with Gasteiger partial charge in [-0.25, -0.2) is 0 Å². The maximum Gasteiger partial charge on any atom is 0.262 e. The molecule has 5 heteroatoms. The third-order valence-electron chi connectivity index (χ3n) is 2.90. The Hall–Kier alpha value is -1.52. The zero-order valence-electron chi connectivity index (χ0n) is 11.5. The summed E-state index contributed by atoms with van der Waals surface area (Å²) in [6.07, 6.45) is 0.951. The minimum Gasteiger partial charge on any atom is -0.484 e. The van der Waals surface area contributed by atoms with E-state index in [1.54, 1.807) is 24.3 Å². The zero-order valence-corrected chi connectivity index (χ0v) is 13.9. The standard InChI is InChI=1S/C16H15BrClNO2/c1-2-11-3-8-15(14(17)9-11)19-16(20)10-21-13-6-4-12(18)5-7-13/h3-9H,2,10H2,1H3,(H,19,20). The number of carbonyl (C=O) groups excluding carboxylic acids is 1. The number of rotatable bonds is 5. The van der Waals surface area contributed by atoms with E-state index in [1.807, 2.05) is 18.2 Å². The number of carbonyl (C=O) groups is 1. The maximum absolute atomic E-state index is 11.9. The minimum absolute atomic E-state index is 0.0520. The van der Waals surface area contributed by atoms with Crippen LogP contribution in [0.3, 0.4) is 0 Å². The third-order valence-corrected chi connectivity index (χ3v) is 3.81. The van der Waals surface area contributed by atoms with E-state index in [1.165, 1.54) is 5.56 Å². The van der Waals surface area contributed by atoms with Crippen molar-refractivity contribution in [3.8, 4) is 5.75 Å². The second-order valence-electron chi connectivity index (χ2n) is 4.46. The monoisotopic (exact) mass is 367 g/mol. The highest BCUT2D eigenvalue weighted by atomic mass is 79.9. The zero-order chi connectivity index (χ0) is 15.2. The molecule has 3 nitrogen and oxygen atoms in total. The van der Waals surface area contributed by atoms with Gasteiger partial charge in [0.1, 0.15) is 5.75 Å². The van der Waals surface area contributed by atoms with Crippen LogP contribution in [0.25, 0.3) is 0 Å². The van der Waals surface area contributed by atoms with E-state index in [4.69, 9.17) is 16.3 Å². The summed E-state index contributed by atoms with van der Waals surface area (Å²) in [6, 6.07) is 12.7. The Bertz CT molecular complexity index is 629. The first kappa shape index (κ1) is 15.9. The van der Waals surface area contributed by atoms with Crippen molar-refractivity contribution >= 4 is 39.1 Å². The van der Waals surface area contributed by atoms with Crippen LogP contribution in [0.4, 0.5) is 5.69 Å². The van der Waals surface area contributed by atoms with Gasteiger partial charge in [-0.15, -0.1) is 0 Å². The molecule has 2 rings (SSSR count). The quantitative estimate of drug-likeness (QED) is 0.832. The fraction of sp³-hybridized carbons (Fsp3) is 0.188. The molecule has 0 heterocycles. The normalized spacial score (nSPS) is 10.2. The molecule has 0 aliphatic rings. The Morgan fingerprint density at radius 1 is 1.24 bits per heavy atom. The topological polar surface area (TPSA) is 38.3 Å². The molecule has 0 saturated heterocycles. The molecule has 1 N–H and O–H groups in total. The van der Waals surface area contributed by atoms with Crippen molar-refractivity contribution in [1.29, 1.82) is 0 Å². The van der Waals surface area contributed by atoms with Crippen LogP contribution in [-0.2, 0) is 11.2 Å². The summed E-state index contributed by atoms with van der Waals surface area (Å²) < 4.78 is 6.26. The molecule has 0 aliphatic heterocycles. The van der Waals surface area contributed by atoms with Gasteiger partial charge in [0.05, 0.1) is 5.69 Å². The molecule has 1 amide bonds. The van der Waals surface area contributed by atoms with E-state index >= 15 is 0 Å². The van der Waals surface area contributed by atoms with Crippen molar-refractivity contribution < 1.29 is 9.53 Å². The predicted octanol–water partition coefficient (Wildman–Crippen LogP) is 4.68. The van der Waals surface area contributed by atoms with Crippen molar-refractivity contribution in [2.24, 2.45) is 0 Å². The molecule has 0 radical (unpaired) electrons. The smallest absolute Gasteiger partial charge is 0.262 e. The second kappa shape index (κ2) is 7.48. The number of halogens is 2. The Morgan fingerprint density at radius 3 is 2.57 bits per heavy atom. The number of aryl methyl sites for hydroxylation is 1. The van der Waals surface area contributed by atoms with Crippen LogP contribution in [0.1, 0.15) is 12.5 Å². The highest BCUT2D eigenvalue weighted by molar-refractivity contribution is 9.10. The van der Waals surface area contributed by atoms with E-state index in [0.717, 1.165) is 16.6 Å². The highest BCUT2D eigenvalue weighted by Gasteiger charge is 2.07. The largest absolute Gasteiger partial charge is 0.484 e. The van der Waals surface area contributed by atoms with E-state index in [9.17, 15) is 4.79 Å². The minimum atomic E-state index is -0.213. The van der Waals surface area contributed by atoms with Crippen molar-refractivity contribution in [1.82, 2.24) is 0 Å². The third kappa shape index (κ3) is 4.76. The number of hydrogen-bond donors (Lipinski definition) is 1. The Labute approximate surface area is 137 Å². The summed E-state index contributed by atoms with van der Waals surface area (Å²) in [6.45, 7) is 2.03. The first-order chi connectivity index (χ1) is 10.1. The molecule has 0 unspecified atom stereocenters. The lowest BCUT2D eigenvalue weighted by Crippen LogP contribution is -2.20. The average Bonchev–Trinajstić information content (AvgIpc) is 2.48. The number of amides is 1. The van der Waals surface area contributed by atoms with Crippen molar-refractivity contribution in [3.63, 3.8) is 0 Å².